The SMILES string of the molecule is O=C1CCCN1CCN1CCOC(C2CCCCC2)C1. The molecule has 4 nitrogen and oxygen atoms in total. The molecule has 2 heterocycles. The van der Waals surface area contributed by atoms with Gasteiger partial charge in [0.15, 0.2) is 0 Å². The van der Waals surface area contributed by atoms with Crippen LogP contribution >= 0.6 is 0 Å². The van der Waals surface area contributed by atoms with Crippen LogP contribution in [0.1, 0.15) is 44.9 Å². The van der Waals surface area contributed by atoms with Gasteiger partial charge in [-0.2, -0.15) is 0 Å². The largest absolute Gasteiger partial charge is 0.375 e. The van der Waals surface area contributed by atoms with Crippen LogP contribution in [0.25, 0.3) is 0 Å². The highest BCUT2D eigenvalue weighted by atomic mass is 16.5. The smallest absolute Gasteiger partial charge is 0.222 e. The maximum absolute atomic E-state index is 11.6. The Bertz CT molecular complexity index is 328. The number of hydrogen-bond donors (Lipinski definition) is 0. The maximum Gasteiger partial charge on any atom is 0.222 e. The summed E-state index contributed by atoms with van der Waals surface area (Å²) in [4.78, 5) is 16.2. The van der Waals surface area contributed by atoms with Crippen molar-refractivity contribution < 1.29 is 9.53 Å². The number of hydrogen-bond acceptors (Lipinski definition) is 3. The highest BCUT2D eigenvalue weighted by Gasteiger charge is 2.29. The standard InChI is InChI=1S/C16H28N2O2/c19-16-7-4-8-18(16)10-9-17-11-12-20-15(13-17)14-5-2-1-3-6-14/h14-15H,1-13H2. The van der Waals surface area contributed by atoms with Crippen molar-refractivity contribution in [2.75, 3.05) is 39.3 Å². The number of carbonyl (C=O) groups excluding carboxylic acids is 1. The molecule has 3 aliphatic rings. The average molecular weight is 280 g/mol. The monoisotopic (exact) mass is 280 g/mol. The predicted octanol–water partition coefficient (Wildman–Crippen LogP) is 1.89. The fraction of sp³-hybridized carbons (Fsp3) is 0.938. The van der Waals surface area contributed by atoms with Crippen LogP contribution < -0.4 is 0 Å². The third kappa shape index (κ3) is 3.53. The van der Waals surface area contributed by atoms with E-state index in [4.69, 9.17) is 4.74 Å². The van der Waals surface area contributed by atoms with Crippen LogP contribution in [-0.2, 0) is 9.53 Å². The van der Waals surface area contributed by atoms with Gasteiger partial charge in [-0.3, -0.25) is 9.69 Å². The topological polar surface area (TPSA) is 32.8 Å². The Morgan fingerprint density at radius 1 is 1.05 bits per heavy atom. The average Bonchev–Trinajstić information content (AvgIpc) is 2.92. The number of ether oxygens (including phenoxy) is 1. The van der Waals surface area contributed by atoms with E-state index in [1.165, 1.54) is 32.1 Å². The normalized spacial score (nSPS) is 30.1. The molecule has 0 aromatic rings. The number of amides is 1. The third-order valence-electron chi connectivity index (χ3n) is 5.21. The third-order valence-corrected chi connectivity index (χ3v) is 5.21. The van der Waals surface area contributed by atoms with Crippen LogP contribution in [0.3, 0.4) is 0 Å². The molecule has 0 bridgehead atoms. The summed E-state index contributed by atoms with van der Waals surface area (Å²) in [5.41, 5.74) is 0. The first-order valence-electron chi connectivity index (χ1n) is 8.44. The molecule has 1 saturated carbocycles. The lowest BCUT2D eigenvalue weighted by molar-refractivity contribution is -0.128. The molecule has 0 aromatic carbocycles. The minimum atomic E-state index is 0.349. The second kappa shape index (κ2) is 6.90. The highest BCUT2D eigenvalue weighted by molar-refractivity contribution is 5.78. The van der Waals surface area contributed by atoms with Gasteiger partial charge in [0.05, 0.1) is 12.7 Å². The minimum absolute atomic E-state index is 0.349. The molecule has 0 spiro atoms. The predicted molar refractivity (Wildman–Crippen MR) is 78.6 cm³/mol. The van der Waals surface area contributed by atoms with Crippen molar-refractivity contribution in [3.05, 3.63) is 0 Å². The molecule has 1 unspecified atom stereocenters. The summed E-state index contributed by atoms with van der Waals surface area (Å²) in [6, 6.07) is 0. The van der Waals surface area contributed by atoms with E-state index in [0.29, 0.717) is 12.0 Å². The Kier molecular flexibility index (Phi) is 4.94. The van der Waals surface area contributed by atoms with Gasteiger partial charge in [-0.25, -0.2) is 0 Å². The van der Waals surface area contributed by atoms with Crippen LogP contribution in [0, 0.1) is 5.92 Å². The summed E-state index contributed by atoms with van der Waals surface area (Å²) < 4.78 is 6.02. The highest BCUT2D eigenvalue weighted by Crippen LogP contribution is 2.29. The number of likely N-dealkylation sites (tertiary alicyclic amines) is 1. The molecule has 1 amide bonds. The van der Waals surface area contributed by atoms with Gasteiger partial charge in [0.1, 0.15) is 0 Å². The quantitative estimate of drug-likeness (QED) is 0.788. The Morgan fingerprint density at radius 2 is 1.90 bits per heavy atom. The molecule has 2 aliphatic heterocycles. The maximum atomic E-state index is 11.6. The zero-order valence-corrected chi connectivity index (χ0v) is 12.6. The molecule has 0 aromatic heterocycles. The van der Waals surface area contributed by atoms with Crippen molar-refractivity contribution in [2.24, 2.45) is 5.92 Å². The van der Waals surface area contributed by atoms with Gasteiger partial charge in [-0.1, -0.05) is 19.3 Å². The number of carbonyl (C=O) groups is 1. The number of rotatable bonds is 4. The van der Waals surface area contributed by atoms with Crippen LogP contribution in [0.5, 0.6) is 0 Å². The zero-order chi connectivity index (χ0) is 13.8. The molecule has 1 atom stereocenters. The minimum Gasteiger partial charge on any atom is -0.375 e. The molecule has 2 saturated heterocycles. The molecule has 1 aliphatic carbocycles. The summed E-state index contributed by atoms with van der Waals surface area (Å²) >= 11 is 0. The van der Waals surface area contributed by atoms with Crippen LogP contribution in [0.4, 0.5) is 0 Å². The second-order valence-electron chi connectivity index (χ2n) is 6.59. The van der Waals surface area contributed by atoms with E-state index in [-0.39, 0.29) is 0 Å². The molecule has 20 heavy (non-hydrogen) atoms. The lowest BCUT2D eigenvalue weighted by Crippen LogP contribution is -2.48. The first-order valence-corrected chi connectivity index (χ1v) is 8.44. The Balaban J connectivity index is 1.44. The molecule has 0 N–H and O–H groups in total. The van der Waals surface area contributed by atoms with E-state index in [1.807, 2.05) is 4.90 Å². The van der Waals surface area contributed by atoms with Crippen LogP contribution in [0.15, 0.2) is 0 Å². The van der Waals surface area contributed by atoms with Gasteiger partial charge in [-0.05, 0) is 25.2 Å². The van der Waals surface area contributed by atoms with Crippen molar-refractivity contribution in [3.8, 4) is 0 Å². The van der Waals surface area contributed by atoms with E-state index < -0.39 is 0 Å². The van der Waals surface area contributed by atoms with E-state index in [2.05, 4.69) is 4.90 Å². The van der Waals surface area contributed by atoms with Gasteiger partial charge in [-0.15, -0.1) is 0 Å². The van der Waals surface area contributed by atoms with Crippen molar-refractivity contribution >= 4 is 5.91 Å². The first kappa shape index (κ1) is 14.3. The summed E-state index contributed by atoms with van der Waals surface area (Å²) in [7, 11) is 0. The Labute approximate surface area is 122 Å². The molecule has 0 radical (unpaired) electrons. The van der Waals surface area contributed by atoms with Crippen molar-refractivity contribution in [2.45, 2.75) is 51.0 Å². The van der Waals surface area contributed by atoms with Crippen LogP contribution in [-0.4, -0.2) is 61.1 Å². The summed E-state index contributed by atoms with van der Waals surface area (Å²) in [6.07, 6.45) is 9.12. The zero-order valence-electron chi connectivity index (χ0n) is 12.6. The summed E-state index contributed by atoms with van der Waals surface area (Å²) in [5.74, 6) is 1.13. The molecule has 3 rings (SSSR count). The van der Waals surface area contributed by atoms with E-state index in [0.717, 1.165) is 58.1 Å². The second-order valence-corrected chi connectivity index (χ2v) is 6.59. The van der Waals surface area contributed by atoms with E-state index in [9.17, 15) is 4.79 Å². The van der Waals surface area contributed by atoms with Gasteiger partial charge in [0.2, 0.25) is 5.91 Å². The van der Waals surface area contributed by atoms with Crippen molar-refractivity contribution in [3.63, 3.8) is 0 Å². The molecular weight excluding hydrogens is 252 g/mol. The lowest BCUT2D eigenvalue weighted by atomic mass is 9.84. The van der Waals surface area contributed by atoms with Gasteiger partial charge in [0, 0.05) is 39.1 Å². The first-order chi connectivity index (χ1) is 9.83. The fourth-order valence-electron chi connectivity index (χ4n) is 3.93. The lowest BCUT2D eigenvalue weighted by Gasteiger charge is -2.38. The van der Waals surface area contributed by atoms with Gasteiger partial charge >= 0.3 is 0 Å². The van der Waals surface area contributed by atoms with E-state index in [1.54, 1.807) is 0 Å². The molecule has 114 valence electrons. The van der Waals surface area contributed by atoms with Crippen molar-refractivity contribution in [1.29, 1.82) is 0 Å². The van der Waals surface area contributed by atoms with Crippen molar-refractivity contribution in [1.82, 2.24) is 9.80 Å². The Morgan fingerprint density at radius 3 is 2.65 bits per heavy atom. The molecular formula is C16H28N2O2. The molecule has 4 heteroatoms. The number of nitrogens with zero attached hydrogens (tertiary/aromatic N) is 2. The van der Waals surface area contributed by atoms with E-state index >= 15 is 0 Å². The van der Waals surface area contributed by atoms with Gasteiger partial charge < -0.3 is 9.64 Å². The fourth-order valence-corrected chi connectivity index (χ4v) is 3.93. The summed E-state index contributed by atoms with van der Waals surface area (Å²) in [6.45, 7) is 5.89. The summed E-state index contributed by atoms with van der Waals surface area (Å²) in [5, 5.41) is 0. The van der Waals surface area contributed by atoms with Crippen LogP contribution in [0.2, 0.25) is 0 Å². The number of morpholine rings is 1. The molecule has 3 fully saturated rings. The van der Waals surface area contributed by atoms with Gasteiger partial charge in [0.25, 0.3) is 0 Å². The Hall–Kier alpha value is -0.610.